The maximum atomic E-state index is 13.5. The highest BCUT2D eigenvalue weighted by Crippen LogP contribution is 2.26. The Labute approximate surface area is 157 Å². The molecule has 2 unspecified atom stereocenters. The van der Waals surface area contributed by atoms with Gasteiger partial charge in [-0.1, -0.05) is 30.3 Å². The van der Waals surface area contributed by atoms with Crippen molar-refractivity contribution in [1.82, 2.24) is 10.2 Å². The van der Waals surface area contributed by atoms with Crippen molar-refractivity contribution in [2.24, 2.45) is 0 Å². The van der Waals surface area contributed by atoms with Crippen LogP contribution in [0, 0.1) is 11.6 Å². The third-order valence-electron chi connectivity index (χ3n) is 4.40. The van der Waals surface area contributed by atoms with Gasteiger partial charge in [0.25, 0.3) is 5.91 Å². The summed E-state index contributed by atoms with van der Waals surface area (Å²) < 4.78 is 32.4. The SMILES string of the molecule is CN(C(=O)C(Oc1ccc(F)c(F)c1)c1ccccc1)C1CCNC1.Cl. The van der Waals surface area contributed by atoms with E-state index >= 15 is 0 Å². The molecule has 140 valence electrons. The molecule has 2 atom stereocenters. The first-order valence-electron chi connectivity index (χ1n) is 8.20. The number of carbonyl (C=O) groups is 1. The number of halogens is 3. The zero-order chi connectivity index (χ0) is 17.8. The zero-order valence-corrected chi connectivity index (χ0v) is 15.1. The quantitative estimate of drug-likeness (QED) is 0.862. The Morgan fingerprint density at radius 2 is 1.92 bits per heavy atom. The molecule has 3 rings (SSSR count). The third kappa shape index (κ3) is 4.51. The van der Waals surface area contributed by atoms with E-state index in [-0.39, 0.29) is 30.1 Å². The number of nitrogens with zero attached hydrogens (tertiary/aromatic N) is 1. The van der Waals surface area contributed by atoms with Gasteiger partial charge in [0.15, 0.2) is 11.6 Å². The molecule has 0 aromatic heterocycles. The zero-order valence-electron chi connectivity index (χ0n) is 14.3. The van der Waals surface area contributed by atoms with E-state index < -0.39 is 17.7 Å². The normalized spacial score (nSPS) is 17.3. The average Bonchev–Trinajstić information content (AvgIpc) is 3.17. The summed E-state index contributed by atoms with van der Waals surface area (Å²) in [5.41, 5.74) is 0.662. The van der Waals surface area contributed by atoms with Crippen LogP contribution in [0.4, 0.5) is 8.78 Å². The minimum atomic E-state index is -1.01. The van der Waals surface area contributed by atoms with E-state index in [4.69, 9.17) is 4.74 Å². The fraction of sp³-hybridized carbons (Fsp3) is 0.316. The molecule has 2 aromatic rings. The van der Waals surface area contributed by atoms with Crippen molar-refractivity contribution >= 4 is 18.3 Å². The van der Waals surface area contributed by atoms with Crippen molar-refractivity contribution in [3.8, 4) is 5.75 Å². The molecular weight excluding hydrogens is 362 g/mol. The van der Waals surface area contributed by atoms with Crippen LogP contribution >= 0.6 is 12.4 Å². The predicted octanol–water partition coefficient (Wildman–Crippen LogP) is 3.33. The maximum absolute atomic E-state index is 13.5. The molecule has 1 saturated heterocycles. The lowest BCUT2D eigenvalue weighted by Gasteiger charge is -2.29. The maximum Gasteiger partial charge on any atom is 0.268 e. The lowest BCUT2D eigenvalue weighted by molar-refractivity contribution is -0.139. The first kappa shape index (κ1) is 20.1. The van der Waals surface area contributed by atoms with E-state index in [2.05, 4.69) is 5.32 Å². The van der Waals surface area contributed by atoms with E-state index in [1.807, 2.05) is 6.07 Å². The molecule has 1 aliphatic heterocycles. The summed E-state index contributed by atoms with van der Waals surface area (Å²) in [6.45, 7) is 1.59. The van der Waals surface area contributed by atoms with Gasteiger partial charge >= 0.3 is 0 Å². The van der Waals surface area contributed by atoms with E-state index in [1.165, 1.54) is 6.07 Å². The van der Waals surface area contributed by atoms with Gasteiger partial charge in [0.05, 0.1) is 0 Å². The highest BCUT2D eigenvalue weighted by atomic mass is 35.5. The first-order valence-corrected chi connectivity index (χ1v) is 8.20. The van der Waals surface area contributed by atoms with Gasteiger partial charge in [-0.05, 0) is 25.1 Å². The highest BCUT2D eigenvalue weighted by Gasteiger charge is 2.31. The van der Waals surface area contributed by atoms with Crippen molar-refractivity contribution in [3.05, 3.63) is 65.7 Å². The number of carbonyl (C=O) groups excluding carboxylic acids is 1. The van der Waals surface area contributed by atoms with E-state index in [0.29, 0.717) is 5.56 Å². The molecule has 1 N–H and O–H groups in total. The van der Waals surface area contributed by atoms with Gasteiger partial charge in [-0.2, -0.15) is 0 Å². The number of rotatable bonds is 5. The Balaban J connectivity index is 0.00000243. The summed E-state index contributed by atoms with van der Waals surface area (Å²) in [5.74, 6) is -2.07. The van der Waals surface area contributed by atoms with E-state index in [0.717, 1.165) is 31.6 Å². The molecule has 0 radical (unpaired) electrons. The van der Waals surface area contributed by atoms with Crippen LogP contribution in [0.3, 0.4) is 0 Å². The van der Waals surface area contributed by atoms with Gasteiger partial charge in [-0.25, -0.2) is 8.78 Å². The Morgan fingerprint density at radius 3 is 2.54 bits per heavy atom. The highest BCUT2D eigenvalue weighted by molar-refractivity contribution is 5.85. The predicted molar refractivity (Wildman–Crippen MR) is 97.5 cm³/mol. The Morgan fingerprint density at radius 1 is 1.19 bits per heavy atom. The van der Waals surface area contributed by atoms with Crippen LogP contribution in [0.5, 0.6) is 5.75 Å². The molecule has 0 spiro atoms. The van der Waals surface area contributed by atoms with Crippen LogP contribution in [0.15, 0.2) is 48.5 Å². The van der Waals surface area contributed by atoms with Gasteiger partial charge in [0.1, 0.15) is 5.75 Å². The van der Waals surface area contributed by atoms with Crippen LogP contribution in [-0.2, 0) is 4.79 Å². The number of likely N-dealkylation sites (N-methyl/N-ethyl adjacent to an activating group) is 1. The molecule has 0 saturated carbocycles. The van der Waals surface area contributed by atoms with Gasteiger partial charge < -0.3 is 15.0 Å². The summed E-state index contributed by atoms with van der Waals surface area (Å²) in [7, 11) is 1.74. The lowest BCUT2D eigenvalue weighted by Crippen LogP contribution is -2.42. The molecule has 0 aliphatic carbocycles. The third-order valence-corrected chi connectivity index (χ3v) is 4.40. The van der Waals surface area contributed by atoms with Crippen molar-refractivity contribution in [2.45, 2.75) is 18.6 Å². The van der Waals surface area contributed by atoms with E-state index in [9.17, 15) is 13.6 Å². The molecule has 4 nitrogen and oxygen atoms in total. The van der Waals surface area contributed by atoms with Crippen molar-refractivity contribution in [3.63, 3.8) is 0 Å². The number of hydrogen-bond donors (Lipinski definition) is 1. The summed E-state index contributed by atoms with van der Waals surface area (Å²) in [5, 5.41) is 3.22. The molecule has 0 bridgehead atoms. The topological polar surface area (TPSA) is 41.6 Å². The summed E-state index contributed by atoms with van der Waals surface area (Å²) >= 11 is 0. The number of nitrogens with one attached hydrogen (secondary N) is 1. The fourth-order valence-corrected chi connectivity index (χ4v) is 2.91. The first-order chi connectivity index (χ1) is 12.1. The van der Waals surface area contributed by atoms with Gasteiger partial charge in [0, 0.05) is 31.3 Å². The second-order valence-corrected chi connectivity index (χ2v) is 6.08. The number of amides is 1. The number of hydrogen-bond acceptors (Lipinski definition) is 3. The Kier molecular flexibility index (Phi) is 6.94. The van der Waals surface area contributed by atoms with Gasteiger partial charge in [-0.3, -0.25) is 4.79 Å². The molecule has 1 fully saturated rings. The van der Waals surface area contributed by atoms with Crippen LogP contribution in [0.25, 0.3) is 0 Å². The van der Waals surface area contributed by atoms with Crippen LogP contribution in [0.1, 0.15) is 18.1 Å². The second-order valence-electron chi connectivity index (χ2n) is 6.08. The van der Waals surface area contributed by atoms with Crippen molar-refractivity contribution < 1.29 is 18.3 Å². The molecule has 7 heteroatoms. The van der Waals surface area contributed by atoms with Crippen molar-refractivity contribution in [2.75, 3.05) is 20.1 Å². The number of ether oxygens (including phenoxy) is 1. The molecule has 1 heterocycles. The molecular formula is C19H21ClF2N2O2. The summed E-state index contributed by atoms with van der Waals surface area (Å²) in [6, 6.07) is 12.4. The summed E-state index contributed by atoms with van der Waals surface area (Å²) in [4.78, 5) is 14.7. The Bertz CT molecular complexity index is 740. The minimum Gasteiger partial charge on any atom is -0.476 e. The lowest BCUT2D eigenvalue weighted by atomic mass is 10.1. The monoisotopic (exact) mass is 382 g/mol. The van der Waals surface area contributed by atoms with Crippen molar-refractivity contribution in [1.29, 1.82) is 0 Å². The molecule has 26 heavy (non-hydrogen) atoms. The second kappa shape index (κ2) is 8.96. The molecule has 1 amide bonds. The molecule has 1 aliphatic rings. The number of benzene rings is 2. The Hall–Kier alpha value is -2.18. The van der Waals surface area contributed by atoms with Crippen LogP contribution in [-0.4, -0.2) is 37.0 Å². The standard InChI is InChI=1S/C19H20F2N2O2.ClH/c1-23(14-9-10-22-12-14)19(24)18(13-5-3-2-4-6-13)25-15-7-8-16(20)17(21)11-15;/h2-8,11,14,18,22H,9-10,12H2,1H3;1H. The largest absolute Gasteiger partial charge is 0.476 e. The minimum absolute atomic E-state index is 0. The van der Waals surface area contributed by atoms with E-state index in [1.54, 1.807) is 36.2 Å². The molecule has 2 aromatic carbocycles. The fourth-order valence-electron chi connectivity index (χ4n) is 2.91. The van der Waals surface area contributed by atoms with Crippen LogP contribution < -0.4 is 10.1 Å². The van der Waals surface area contributed by atoms with Gasteiger partial charge in [0.2, 0.25) is 6.10 Å². The smallest absolute Gasteiger partial charge is 0.268 e. The van der Waals surface area contributed by atoms with Crippen LogP contribution in [0.2, 0.25) is 0 Å². The summed E-state index contributed by atoms with van der Waals surface area (Å²) in [6.07, 6.45) is -0.0498. The average molecular weight is 383 g/mol. The van der Waals surface area contributed by atoms with Gasteiger partial charge in [-0.15, -0.1) is 12.4 Å².